The molecule has 1 unspecified atom stereocenters. The predicted molar refractivity (Wildman–Crippen MR) is 117 cm³/mol. The van der Waals surface area contributed by atoms with Gasteiger partial charge in [-0.25, -0.2) is 4.79 Å². The first-order valence-corrected chi connectivity index (χ1v) is 10.1. The summed E-state index contributed by atoms with van der Waals surface area (Å²) in [6.45, 7) is 4.21. The van der Waals surface area contributed by atoms with Crippen LogP contribution in [0, 0.1) is 10.7 Å². The fourth-order valence-corrected chi connectivity index (χ4v) is 5.53. The Bertz CT molecular complexity index is 859. The summed E-state index contributed by atoms with van der Waals surface area (Å²) in [5, 5.41) is 9.10. The normalized spacial score (nSPS) is 19.4. The lowest BCUT2D eigenvalue weighted by Gasteiger charge is -2.28. The van der Waals surface area contributed by atoms with Crippen LogP contribution in [0.3, 0.4) is 0 Å². The van der Waals surface area contributed by atoms with Gasteiger partial charge in [-0.15, -0.1) is 0 Å². The highest BCUT2D eigenvalue weighted by molar-refractivity contribution is 14.1. The van der Waals surface area contributed by atoms with E-state index in [1.54, 1.807) is 12.1 Å². The number of halogens is 3. The molecule has 0 spiro atoms. The molecule has 6 heteroatoms. The molecule has 0 bridgehead atoms. The van der Waals surface area contributed by atoms with Crippen molar-refractivity contribution in [2.75, 3.05) is 0 Å². The number of aliphatic imine (C=N–C) groups is 1. The number of carbonyl (C=O) groups is 1. The van der Waals surface area contributed by atoms with Gasteiger partial charge in [0.2, 0.25) is 0 Å². The van der Waals surface area contributed by atoms with Gasteiger partial charge in [-0.1, -0.05) is 12.1 Å². The third-order valence-corrected chi connectivity index (χ3v) is 9.48. The molecule has 118 valence electrons. The summed E-state index contributed by atoms with van der Waals surface area (Å²) in [7, 11) is 0. The maximum atomic E-state index is 11.1. The van der Waals surface area contributed by atoms with Crippen molar-refractivity contribution < 1.29 is 9.90 Å². The van der Waals surface area contributed by atoms with Crippen molar-refractivity contribution in [3.63, 3.8) is 0 Å². The highest BCUT2D eigenvalue weighted by Crippen LogP contribution is 2.48. The van der Waals surface area contributed by atoms with Gasteiger partial charge >= 0.3 is 5.97 Å². The Morgan fingerprint density at radius 3 is 2.30 bits per heavy atom. The van der Waals surface area contributed by atoms with Gasteiger partial charge in [-0.3, -0.25) is 4.99 Å². The summed E-state index contributed by atoms with van der Waals surface area (Å²) < 4.78 is 3.66. The van der Waals surface area contributed by atoms with Gasteiger partial charge in [0.1, 0.15) is 0 Å². The molecule has 0 aliphatic carbocycles. The van der Waals surface area contributed by atoms with Gasteiger partial charge in [0.25, 0.3) is 0 Å². The SMILES string of the molecule is CC1=Nc2cc(I)c(I)c(I)c2C1(C)c1ccc(C(=O)O)cc1. The number of hydrogen-bond acceptors (Lipinski definition) is 2. The van der Waals surface area contributed by atoms with E-state index in [1.807, 2.05) is 19.1 Å². The lowest BCUT2D eigenvalue weighted by atomic mass is 9.74. The summed E-state index contributed by atoms with van der Waals surface area (Å²) in [6, 6.07) is 9.26. The first kappa shape index (κ1) is 17.6. The summed E-state index contributed by atoms with van der Waals surface area (Å²) >= 11 is 7.11. The number of benzene rings is 2. The molecule has 1 aliphatic rings. The molecule has 0 fully saturated rings. The van der Waals surface area contributed by atoms with Crippen LogP contribution in [-0.2, 0) is 5.41 Å². The van der Waals surface area contributed by atoms with E-state index in [2.05, 4.69) is 80.8 Å². The summed E-state index contributed by atoms with van der Waals surface area (Å²) in [6.07, 6.45) is 0. The van der Waals surface area contributed by atoms with E-state index in [0.717, 1.165) is 17.0 Å². The van der Waals surface area contributed by atoms with Crippen molar-refractivity contribution in [1.29, 1.82) is 0 Å². The Morgan fingerprint density at radius 2 is 1.74 bits per heavy atom. The average molecular weight is 643 g/mol. The molecule has 3 nitrogen and oxygen atoms in total. The quantitative estimate of drug-likeness (QED) is 0.342. The number of carboxylic acids is 1. The lowest BCUT2D eigenvalue weighted by Crippen LogP contribution is -2.30. The molecule has 1 atom stereocenters. The van der Waals surface area contributed by atoms with Gasteiger partial charge < -0.3 is 5.11 Å². The zero-order valence-electron chi connectivity index (χ0n) is 12.3. The van der Waals surface area contributed by atoms with Gasteiger partial charge in [-0.2, -0.15) is 0 Å². The van der Waals surface area contributed by atoms with E-state index >= 15 is 0 Å². The van der Waals surface area contributed by atoms with E-state index < -0.39 is 5.97 Å². The Balaban J connectivity index is 2.23. The third-order valence-electron chi connectivity index (χ3n) is 4.36. The molecule has 1 heterocycles. The number of nitrogens with zero attached hydrogens (tertiary/aromatic N) is 1. The highest BCUT2D eigenvalue weighted by atomic mass is 127. The average Bonchev–Trinajstić information content (AvgIpc) is 2.77. The molecule has 0 saturated heterocycles. The van der Waals surface area contributed by atoms with Crippen molar-refractivity contribution in [1.82, 2.24) is 0 Å². The summed E-state index contributed by atoms with van der Waals surface area (Å²) in [5.41, 5.74) is 4.30. The van der Waals surface area contributed by atoms with Gasteiger partial charge in [0.05, 0.1) is 16.7 Å². The van der Waals surface area contributed by atoms with Crippen LogP contribution in [0.2, 0.25) is 0 Å². The van der Waals surface area contributed by atoms with Gasteiger partial charge in [0, 0.05) is 22.0 Å². The van der Waals surface area contributed by atoms with Crippen molar-refractivity contribution in [3.05, 3.63) is 57.7 Å². The summed E-state index contributed by atoms with van der Waals surface area (Å²) in [5.74, 6) is -0.905. The second-order valence-corrected chi connectivity index (χ2v) is 8.90. The molecule has 2 aromatic carbocycles. The van der Waals surface area contributed by atoms with Crippen LogP contribution in [0.25, 0.3) is 0 Å². The molecule has 2 aromatic rings. The molecule has 1 aliphatic heterocycles. The molecule has 0 radical (unpaired) electrons. The molecule has 0 saturated carbocycles. The van der Waals surface area contributed by atoms with Crippen LogP contribution in [0.15, 0.2) is 35.3 Å². The molecule has 23 heavy (non-hydrogen) atoms. The number of fused-ring (bicyclic) bond motifs is 1. The van der Waals surface area contributed by atoms with E-state index in [9.17, 15) is 4.79 Å². The van der Waals surface area contributed by atoms with Crippen LogP contribution >= 0.6 is 67.8 Å². The molecular formula is C17H12I3NO2. The maximum absolute atomic E-state index is 11.1. The van der Waals surface area contributed by atoms with Crippen molar-refractivity contribution in [3.8, 4) is 0 Å². The van der Waals surface area contributed by atoms with Gasteiger partial charge in [0.15, 0.2) is 0 Å². The highest BCUT2D eigenvalue weighted by Gasteiger charge is 2.41. The lowest BCUT2D eigenvalue weighted by molar-refractivity contribution is 0.0697. The molecular weight excluding hydrogens is 631 g/mol. The fraction of sp³-hybridized carbons (Fsp3) is 0.176. The van der Waals surface area contributed by atoms with E-state index in [0.29, 0.717) is 5.56 Å². The van der Waals surface area contributed by atoms with Crippen LogP contribution in [0.4, 0.5) is 5.69 Å². The Morgan fingerprint density at radius 1 is 1.13 bits per heavy atom. The van der Waals surface area contributed by atoms with Crippen LogP contribution in [-0.4, -0.2) is 16.8 Å². The van der Waals surface area contributed by atoms with Crippen LogP contribution in [0.1, 0.15) is 35.3 Å². The van der Waals surface area contributed by atoms with Crippen molar-refractivity contribution >= 4 is 85.1 Å². The number of hydrogen-bond donors (Lipinski definition) is 1. The minimum atomic E-state index is -0.905. The number of rotatable bonds is 2. The fourth-order valence-electron chi connectivity index (χ4n) is 2.92. The maximum Gasteiger partial charge on any atom is 0.335 e. The topological polar surface area (TPSA) is 49.7 Å². The zero-order valence-corrected chi connectivity index (χ0v) is 18.8. The molecule has 0 amide bonds. The Labute approximate surface area is 175 Å². The van der Waals surface area contributed by atoms with Crippen molar-refractivity contribution in [2.45, 2.75) is 19.3 Å². The number of carboxylic acid groups (broad SMARTS) is 1. The Kier molecular flexibility index (Phi) is 4.78. The molecule has 0 aromatic heterocycles. The van der Waals surface area contributed by atoms with Crippen molar-refractivity contribution in [2.24, 2.45) is 4.99 Å². The molecule has 3 rings (SSSR count). The smallest absolute Gasteiger partial charge is 0.335 e. The van der Waals surface area contributed by atoms with E-state index in [1.165, 1.54) is 16.3 Å². The standard InChI is InChI=1S/C17H12I3NO2/c1-8-17(2,10-5-3-9(4-6-10)16(22)23)13-12(21-8)7-11(18)14(19)15(13)20/h3-7H,1-2H3,(H,22,23). The van der Waals surface area contributed by atoms with E-state index in [4.69, 9.17) is 10.1 Å². The van der Waals surface area contributed by atoms with Gasteiger partial charge in [-0.05, 0) is 105 Å². The second-order valence-electron chi connectivity index (χ2n) is 5.59. The first-order chi connectivity index (χ1) is 10.8. The van der Waals surface area contributed by atoms with Crippen LogP contribution < -0.4 is 0 Å². The minimum absolute atomic E-state index is 0.303. The monoisotopic (exact) mass is 643 g/mol. The van der Waals surface area contributed by atoms with E-state index in [-0.39, 0.29) is 5.41 Å². The molecule has 1 N–H and O–H groups in total. The third kappa shape index (κ3) is 2.74. The van der Waals surface area contributed by atoms with Crippen LogP contribution in [0.5, 0.6) is 0 Å². The minimum Gasteiger partial charge on any atom is -0.478 e. The number of aromatic carboxylic acids is 1. The first-order valence-electron chi connectivity index (χ1n) is 6.84. The predicted octanol–water partition coefficient (Wildman–Crippen LogP) is 5.61. The largest absolute Gasteiger partial charge is 0.478 e. The summed E-state index contributed by atoms with van der Waals surface area (Å²) in [4.78, 5) is 15.9. The second kappa shape index (κ2) is 6.25. The zero-order chi connectivity index (χ0) is 16.9. The Hall–Kier alpha value is -0.230.